The summed E-state index contributed by atoms with van der Waals surface area (Å²) in [6.45, 7) is -0.789. The first kappa shape index (κ1) is 17.7. The van der Waals surface area contributed by atoms with Gasteiger partial charge in [-0.3, -0.25) is 14.4 Å². The number of hydrogen-bond acceptors (Lipinski definition) is 6. The fourth-order valence-corrected chi connectivity index (χ4v) is 2.19. The predicted octanol–water partition coefficient (Wildman–Crippen LogP) is -0.432. The predicted molar refractivity (Wildman–Crippen MR) is 82.9 cm³/mol. The minimum atomic E-state index is -1.10. The highest BCUT2D eigenvalue weighted by atomic mass is 16.5. The van der Waals surface area contributed by atoms with Gasteiger partial charge in [-0.1, -0.05) is 0 Å². The van der Waals surface area contributed by atoms with Gasteiger partial charge in [-0.15, -0.1) is 0 Å². The van der Waals surface area contributed by atoms with Crippen molar-refractivity contribution < 1.29 is 34.4 Å². The average Bonchev–Trinajstić information content (AvgIpc) is 2.55. The minimum Gasteiger partial charge on any atom is -0.482 e. The fraction of sp³-hybridized carbons (Fsp3) is 0.400. The van der Waals surface area contributed by atoms with Gasteiger partial charge in [0.2, 0.25) is 5.91 Å². The molecule has 0 aromatic heterocycles. The van der Waals surface area contributed by atoms with Crippen molar-refractivity contribution in [3.05, 3.63) is 18.2 Å². The summed E-state index contributed by atoms with van der Waals surface area (Å²) >= 11 is 0. The van der Waals surface area contributed by atoms with Gasteiger partial charge in [-0.05, 0) is 18.2 Å². The van der Waals surface area contributed by atoms with Crippen LogP contribution in [0.5, 0.6) is 5.75 Å². The summed E-state index contributed by atoms with van der Waals surface area (Å²) in [7, 11) is 0. The molecule has 0 saturated carbocycles. The largest absolute Gasteiger partial charge is 0.482 e. The number of benzene rings is 1. The molecule has 0 spiro atoms. The van der Waals surface area contributed by atoms with Crippen molar-refractivity contribution >= 4 is 29.2 Å². The molecular weight excluding hydrogens is 320 g/mol. The van der Waals surface area contributed by atoms with Crippen molar-refractivity contribution in [2.45, 2.75) is 18.9 Å². The van der Waals surface area contributed by atoms with Crippen LogP contribution in [0.4, 0.5) is 11.4 Å². The van der Waals surface area contributed by atoms with E-state index in [1.165, 1.54) is 11.0 Å². The van der Waals surface area contributed by atoms with Crippen LogP contribution in [-0.4, -0.2) is 59.0 Å². The third-order valence-electron chi connectivity index (χ3n) is 3.36. The molecule has 24 heavy (non-hydrogen) atoms. The number of nitrogens with zero attached hydrogens (tertiary/aromatic N) is 1. The summed E-state index contributed by atoms with van der Waals surface area (Å²) in [6, 6.07) is 4.62. The number of nitrogens with one attached hydrogen (secondary N) is 1. The third-order valence-corrected chi connectivity index (χ3v) is 3.36. The Bertz CT molecular complexity index is 647. The molecule has 0 aliphatic carbocycles. The van der Waals surface area contributed by atoms with Crippen LogP contribution in [0.15, 0.2) is 18.2 Å². The van der Waals surface area contributed by atoms with E-state index in [2.05, 4.69) is 5.32 Å². The SMILES string of the molecule is O=C(O)CCC(=O)Nc1ccc2c(c1)N(CC(O)CO)C(=O)CO2. The van der Waals surface area contributed by atoms with Gasteiger partial charge in [0, 0.05) is 12.1 Å². The van der Waals surface area contributed by atoms with Crippen LogP contribution in [0.1, 0.15) is 12.8 Å². The number of hydrogen-bond donors (Lipinski definition) is 4. The number of anilines is 2. The van der Waals surface area contributed by atoms with Gasteiger partial charge in [0.25, 0.3) is 5.91 Å². The number of aliphatic hydroxyl groups excluding tert-OH is 2. The van der Waals surface area contributed by atoms with E-state index in [9.17, 15) is 19.5 Å². The highest BCUT2D eigenvalue weighted by molar-refractivity contribution is 5.99. The van der Waals surface area contributed by atoms with Crippen LogP contribution < -0.4 is 15.0 Å². The lowest BCUT2D eigenvalue weighted by Crippen LogP contribution is -2.44. The maximum Gasteiger partial charge on any atom is 0.303 e. The zero-order valence-electron chi connectivity index (χ0n) is 12.8. The van der Waals surface area contributed by atoms with Crippen LogP contribution in [0.2, 0.25) is 0 Å². The normalized spacial score (nSPS) is 14.6. The molecule has 1 aromatic carbocycles. The van der Waals surface area contributed by atoms with E-state index in [-0.39, 0.29) is 31.9 Å². The average molecular weight is 338 g/mol. The van der Waals surface area contributed by atoms with E-state index in [1.54, 1.807) is 12.1 Å². The Morgan fingerprint density at radius 2 is 2.08 bits per heavy atom. The molecule has 4 N–H and O–H groups in total. The van der Waals surface area contributed by atoms with Crippen LogP contribution in [0, 0.1) is 0 Å². The summed E-state index contributed by atoms with van der Waals surface area (Å²) in [4.78, 5) is 35.4. The van der Waals surface area contributed by atoms with E-state index in [0.29, 0.717) is 17.1 Å². The topological polar surface area (TPSA) is 136 Å². The molecule has 0 bridgehead atoms. The molecular formula is C15H18N2O7. The number of ether oxygens (including phenoxy) is 1. The molecule has 1 atom stereocenters. The summed E-state index contributed by atoms with van der Waals surface area (Å²) in [5, 5.41) is 29.6. The van der Waals surface area contributed by atoms with Gasteiger partial charge in [0.15, 0.2) is 6.61 Å². The zero-order valence-corrected chi connectivity index (χ0v) is 12.8. The Morgan fingerprint density at radius 3 is 2.75 bits per heavy atom. The summed E-state index contributed by atoms with van der Waals surface area (Å²) in [5.41, 5.74) is 0.723. The molecule has 2 rings (SSSR count). The quantitative estimate of drug-likeness (QED) is 0.529. The number of aliphatic hydroxyl groups is 2. The zero-order chi connectivity index (χ0) is 17.7. The van der Waals surface area contributed by atoms with Crippen LogP contribution in [-0.2, 0) is 14.4 Å². The summed E-state index contributed by atoms with van der Waals surface area (Å²) < 4.78 is 5.29. The highest BCUT2D eigenvalue weighted by Gasteiger charge is 2.27. The number of carboxylic acid groups (broad SMARTS) is 1. The first-order valence-corrected chi connectivity index (χ1v) is 7.28. The number of rotatable bonds is 7. The van der Waals surface area contributed by atoms with E-state index >= 15 is 0 Å². The minimum absolute atomic E-state index is 0.109. The van der Waals surface area contributed by atoms with Gasteiger partial charge >= 0.3 is 5.97 Å². The third kappa shape index (κ3) is 4.43. The first-order valence-electron chi connectivity index (χ1n) is 7.28. The molecule has 1 heterocycles. The van der Waals surface area contributed by atoms with Crippen LogP contribution in [0.25, 0.3) is 0 Å². The second-order valence-corrected chi connectivity index (χ2v) is 5.25. The van der Waals surface area contributed by atoms with Gasteiger partial charge in [0.1, 0.15) is 5.75 Å². The van der Waals surface area contributed by atoms with Crippen molar-refractivity contribution in [3.63, 3.8) is 0 Å². The maximum atomic E-state index is 12.0. The van der Waals surface area contributed by atoms with E-state index in [1.807, 2.05) is 0 Å². The molecule has 2 amide bonds. The van der Waals surface area contributed by atoms with Gasteiger partial charge in [0.05, 0.1) is 31.4 Å². The van der Waals surface area contributed by atoms with E-state index < -0.39 is 24.6 Å². The van der Waals surface area contributed by atoms with Crippen molar-refractivity contribution in [3.8, 4) is 5.75 Å². The Balaban J connectivity index is 2.16. The molecule has 0 fully saturated rings. The summed E-state index contributed by atoms with van der Waals surface area (Å²) in [5.74, 6) is -1.52. The van der Waals surface area contributed by atoms with E-state index in [0.717, 1.165) is 0 Å². The summed E-state index contributed by atoms with van der Waals surface area (Å²) in [6.07, 6.45) is -1.56. The van der Waals surface area contributed by atoms with Gasteiger partial charge in [-0.2, -0.15) is 0 Å². The van der Waals surface area contributed by atoms with Gasteiger partial charge < -0.3 is 30.3 Å². The number of carbonyl (C=O) groups excluding carboxylic acids is 2. The van der Waals surface area contributed by atoms with Crippen LogP contribution >= 0.6 is 0 Å². The van der Waals surface area contributed by atoms with Crippen molar-refractivity contribution in [1.82, 2.24) is 0 Å². The number of β-amino-alcohol motifs (C(OH)–C–C–N with tert-alkyl or cyclic N) is 1. The monoisotopic (exact) mass is 338 g/mol. The first-order chi connectivity index (χ1) is 11.4. The molecule has 9 nitrogen and oxygen atoms in total. The number of carboxylic acids is 1. The standard InChI is InChI=1S/C15H18N2O7/c18-7-10(19)6-17-11-5-9(16-13(20)3-4-15(22)23)1-2-12(11)24-8-14(17)21/h1-2,5,10,18-19H,3-4,6-8H2,(H,16,20)(H,22,23). The Hall–Kier alpha value is -2.65. The molecule has 1 aliphatic heterocycles. The number of aliphatic carboxylic acids is 1. The Labute approximate surface area is 137 Å². The van der Waals surface area contributed by atoms with E-state index in [4.69, 9.17) is 14.9 Å². The lowest BCUT2D eigenvalue weighted by molar-refractivity contribution is -0.138. The van der Waals surface area contributed by atoms with Crippen LogP contribution in [0.3, 0.4) is 0 Å². The lowest BCUT2D eigenvalue weighted by atomic mass is 10.2. The second-order valence-electron chi connectivity index (χ2n) is 5.25. The highest BCUT2D eigenvalue weighted by Crippen LogP contribution is 2.34. The molecule has 1 aromatic rings. The Kier molecular flexibility index (Phi) is 5.72. The molecule has 0 radical (unpaired) electrons. The smallest absolute Gasteiger partial charge is 0.303 e. The number of carbonyl (C=O) groups is 3. The van der Waals surface area contributed by atoms with Crippen molar-refractivity contribution in [2.75, 3.05) is 30.0 Å². The molecule has 130 valence electrons. The maximum absolute atomic E-state index is 12.0. The molecule has 1 aliphatic rings. The molecule has 0 saturated heterocycles. The molecule has 9 heteroatoms. The number of fused-ring (bicyclic) bond motifs is 1. The fourth-order valence-electron chi connectivity index (χ4n) is 2.19. The molecule has 1 unspecified atom stereocenters. The second kappa shape index (κ2) is 7.75. The van der Waals surface area contributed by atoms with Gasteiger partial charge in [-0.25, -0.2) is 0 Å². The van der Waals surface area contributed by atoms with Crippen molar-refractivity contribution in [1.29, 1.82) is 0 Å². The number of amides is 2. The lowest BCUT2D eigenvalue weighted by Gasteiger charge is -2.31. The van der Waals surface area contributed by atoms with Crippen molar-refractivity contribution in [2.24, 2.45) is 0 Å². The Morgan fingerprint density at radius 1 is 1.33 bits per heavy atom.